The number of hydrogen-bond donors (Lipinski definition) is 2. The second-order valence-electron chi connectivity index (χ2n) is 3.86. The molecule has 17 heavy (non-hydrogen) atoms. The summed E-state index contributed by atoms with van der Waals surface area (Å²) >= 11 is 6.10. The Morgan fingerprint density at radius 1 is 1.41 bits per heavy atom. The molecule has 0 saturated carbocycles. The van der Waals surface area contributed by atoms with Crippen LogP contribution in [0.3, 0.4) is 0 Å². The third-order valence-corrected chi connectivity index (χ3v) is 2.55. The van der Waals surface area contributed by atoms with E-state index in [0.717, 1.165) is 17.9 Å². The molecule has 0 bridgehead atoms. The monoisotopic (exact) mass is 255 g/mol. The van der Waals surface area contributed by atoms with E-state index in [2.05, 4.69) is 10.6 Å². The molecule has 0 aliphatic rings. The lowest BCUT2D eigenvalue weighted by atomic mass is 10.2. The molecule has 0 spiro atoms. The fraction of sp³-hybridized carbons (Fsp3) is 0.417. The molecule has 0 saturated heterocycles. The predicted octanol–water partition coefficient (Wildman–Crippen LogP) is 1.95. The summed E-state index contributed by atoms with van der Waals surface area (Å²) in [5.41, 5.74) is 1.55. The number of rotatable bonds is 5. The summed E-state index contributed by atoms with van der Waals surface area (Å²) < 4.78 is 0. The molecule has 94 valence electrons. The maximum Gasteiger partial charge on any atom is 0.238 e. The van der Waals surface area contributed by atoms with Crippen LogP contribution < -0.4 is 15.5 Å². The van der Waals surface area contributed by atoms with Gasteiger partial charge < -0.3 is 15.5 Å². The second-order valence-corrected chi connectivity index (χ2v) is 4.27. The van der Waals surface area contributed by atoms with Crippen LogP contribution in [-0.2, 0) is 4.79 Å². The molecular formula is C12H18ClN3O. The van der Waals surface area contributed by atoms with Crippen molar-refractivity contribution in [1.29, 1.82) is 0 Å². The highest BCUT2D eigenvalue weighted by molar-refractivity contribution is 6.34. The van der Waals surface area contributed by atoms with Gasteiger partial charge in [-0.3, -0.25) is 4.79 Å². The molecule has 0 atom stereocenters. The van der Waals surface area contributed by atoms with E-state index < -0.39 is 0 Å². The van der Waals surface area contributed by atoms with Crippen LogP contribution in [0.15, 0.2) is 18.2 Å². The van der Waals surface area contributed by atoms with Gasteiger partial charge in [-0.2, -0.15) is 0 Å². The number of benzene rings is 1. The van der Waals surface area contributed by atoms with Gasteiger partial charge in [0.1, 0.15) is 0 Å². The number of carbonyl (C=O) groups excluding carboxylic acids is 1. The van der Waals surface area contributed by atoms with Crippen LogP contribution in [-0.4, -0.2) is 33.1 Å². The SMILES string of the molecule is CCNCC(=O)Nc1cccc(Cl)c1N(C)C. The molecule has 5 heteroatoms. The number of amides is 1. The van der Waals surface area contributed by atoms with Crippen molar-refractivity contribution in [2.24, 2.45) is 0 Å². The molecule has 0 unspecified atom stereocenters. The topological polar surface area (TPSA) is 44.4 Å². The Balaban J connectivity index is 2.83. The largest absolute Gasteiger partial charge is 0.375 e. The van der Waals surface area contributed by atoms with E-state index in [4.69, 9.17) is 11.6 Å². The van der Waals surface area contributed by atoms with E-state index in [1.807, 2.05) is 38.1 Å². The molecule has 0 aliphatic heterocycles. The third-order valence-electron chi connectivity index (χ3n) is 2.24. The van der Waals surface area contributed by atoms with Crippen molar-refractivity contribution in [3.05, 3.63) is 23.2 Å². The minimum Gasteiger partial charge on any atom is -0.375 e. The zero-order valence-corrected chi connectivity index (χ0v) is 11.1. The van der Waals surface area contributed by atoms with Gasteiger partial charge in [0, 0.05) is 14.1 Å². The maximum atomic E-state index is 11.6. The predicted molar refractivity (Wildman–Crippen MR) is 73.0 cm³/mol. The summed E-state index contributed by atoms with van der Waals surface area (Å²) in [7, 11) is 3.78. The maximum absolute atomic E-state index is 11.6. The third kappa shape index (κ3) is 3.91. The Morgan fingerprint density at radius 3 is 2.71 bits per heavy atom. The lowest BCUT2D eigenvalue weighted by Gasteiger charge is -2.19. The summed E-state index contributed by atoms with van der Waals surface area (Å²) in [5, 5.41) is 6.43. The van der Waals surface area contributed by atoms with Gasteiger partial charge in [0.05, 0.1) is 22.9 Å². The van der Waals surface area contributed by atoms with E-state index in [-0.39, 0.29) is 5.91 Å². The Labute approximate surface area is 107 Å². The lowest BCUT2D eigenvalue weighted by molar-refractivity contribution is -0.115. The highest BCUT2D eigenvalue weighted by atomic mass is 35.5. The Morgan fingerprint density at radius 2 is 2.12 bits per heavy atom. The first-order valence-electron chi connectivity index (χ1n) is 5.52. The molecule has 0 aliphatic carbocycles. The van der Waals surface area contributed by atoms with Crippen molar-refractivity contribution in [2.45, 2.75) is 6.92 Å². The Kier molecular flexibility index (Phi) is 5.25. The molecule has 0 aromatic heterocycles. The molecule has 0 heterocycles. The first-order chi connectivity index (χ1) is 8.06. The van der Waals surface area contributed by atoms with Gasteiger partial charge in [0.2, 0.25) is 5.91 Å². The number of halogens is 1. The van der Waals surface area contributed by atoms with Gasteiger partial charge in [-0.1, -0.05) is 24.6 Å². The summed E-state index contributed by atoms with van der Waals surface area (Å²) in [6, 6.07) is 5.46. The molecular weight excluding hydrogens is 238 g/mol. The van der Waals surface area contributed by atoms with Gasteiger partial charge in [0.25, 0.3) is 0 Å². The molecule has 2 N–H and O–H groups in total. The lowest BCUT2D eigenvalue weighted by Crippen LogP contribution is -2.28. The number of hydrogen-bond acceptors (Lipinski definition) is 3. The molecule has 1 rings (SSSR count). The van der Waals surface area contributed by atoms with E-state index in [1.165, 1.54) is 0 Å². The highest BCUT2D eigenvalue weighted by Gasteiger charge is 2.11. The van der Waals surface area contributed by atoms with E-state index in [9.17, 15) is 4.79 Å². The number of nitrogens with zero attached hydrogens (tertiary/aromatic N) is 1. The minimum absolute atomic E-state index is 0.0720. The number of para-hydroxylation sites is 1. The minimum atomic E-state index is -0.0720. The van der Waals surface area contributed by atoms with Crippen molar-refractivity contribution in [3.8, 4) is 0 Å². The van der Waals surface area contributed by atoms with Crippen molar-refractivity contribution < 1.29 is 4.79 Å². The summed E-state index contributed by atoms with van der Waals surface area (Å²) in [4.78, 5) is 13.5. The molecule has 1 amide bonds. The zero-order valence-electron chi connectivity index (χ0n) is 10.4. The van der Waals surface area contributed by atoms with Crippen LogP contribution in [0.4, 0.5) is 11.4 Å². The molecule has 1 aromatic carbocycles. The van der Waals surface area contributed by atoms with Crippen LogP contribution in [0.2, 0.25) is 5.02 Å². The zero-order chi connectivity index (χ0) is 12.8. The number of likely N-dealkylation sites (N-methyl/N-ethyl adjacent to an activating group) is 1. The number of carbonyl (C=O) groups is 1. The fourth-order valence-electron chi connectivity index (χ4n) is 1.50. The summed E-state index contributed by atoms with van der Waals surface area (Å²) in [6.07, 6.45) is 0. The average Bonchev–Trinajstić information content (AvgIpc) is 2.25. The van der Waals surface area contributed by atoms with Crippen LogP contribution in [0.5, 0.6) is 0 Å². The number of anilines is 2. The highest BCUT2D eigenvalue weighted by Crippen LogP contribution is 2.32. The second kappa shape index (κ2) is 6.47. The summed E-state index contributed by atoms with van der Waals surface area (Å²) in [6.45, 7) is 3.03. The van der Waals surface area contributed by atoms with Gasteiger partial charge in [-0.25, -0.2) is 0 Å². The first-order valence-corrected chi connectivity index (χ1v) is 5.90. The van der Waals surface area contributed by atoms with Gasteiger partial charge in [-0.15, -0.1) is 0 Å². The molecule has 0 radical (unpaired) electrons. The smallest absolute Gasteiger partial charge is 0.238 e. The van der Waals surface area contributed by atoms with Crippen LogP contribution in [0, 0.1) is 0 Å². The van der Waals surface area contributed by atoms with Crippen molar-refractivity contribution in [3.63, 3.8) is 0 Å². The van der Waals surface area contributed by atoms with Crippen molar-refractivity contribution in [1.82, 2.24) is 5.32 Å². The van der Waals surface area contributed by atoms with Crippen LogP contribution in [0.1, 0.15) is 6.92 Å². The van der Waals surface area contributed by atoms with Gasteiger partial charge in [0.15, 0.2) is 0 Å². The standard InChI is InChI=1S/C12H18ClN3O/c1-4-14-8-11(17)15-10-7-5-6-9(13)12(10)16(2)3/h5-7,14H,4,8H2,1-3H3,(H,15,17). The molecule has 0 fully saturated rings. The van der Waals surface area contributed by atoms with E-state index in [0.29, 0.717) is 11.6 Å². The van der Waals surface area contributed by atoms with Crippen LogP contribution >= 0.6 is 11.6 Å². The van der Waals surface area contributed by atoms with Crippen LogP contribution in [0.25, 0.3) is 0 Å². The fourth-order valence-corrected chi connectivity index (χ4v) is 1.85. The first kappa shape index (κ1) is 13.8. The molecule has 4 nitrogen and oxygen atoms in total. The Bertz CT molecular complexity index is 393. The Hall–Kier alpha value is -1.26. The van der Waals surface area contributed by atoms with Gasteiger partial charge in [-0.05, 0) is 18.7 Å². The van der Waals surface area contributed by atoms with Gasteiger partial charge >= 0.3 is 0 Å². The van der Waals surface area contributed by atoms with E-state index in [1.54, 1.807) is 6.07 Å². The summed E-state index contributed by atoms with van der Waals surface area (Å²) in [5.74, 6) is -0.0720. The van der Waals surface area contributed by atoms with E-state index >= 15 is 0 Å². The van der Waals surface area contributed by atoms with Crippen molar-refractivity contribution in [2.75, 3.05) is 37.4 Å². The quantitative estimate of drug-likeness (QED) is 0.845. The number of nitrogens with one attached hydrogen (secondary N) is 2. The average molecular weight is 256 g/mol. The molecule has 1 aromatic rings. The normalized spacial score (nSPS) is 10.1. The van der Waals surface area contributed by atoms with Crippen molar-refractivity contribution >= 4 is 28.9 Å².